The van der Waals surface area contributed by atoms with E-state index in [1.807, 2.05) is 88.4 Å². The number of aliphatic hydroxyl groups excluding tert-OH is 1. The van der Waals surface area contributed by atoms with Gasteiger partial charge < -0.3 is 43.0 Å². The van der Waals surface area contributed by atoms with Crippen molar-refractivity contribution in [3.8, 4) is 23.0 Å². The van der Waals surface area contributed by atoms with Crippen molar-refractivity contribution in [1.29, 1.82) is 0 Å². The zero-order chi connectivity index (χ0) is 49.3. The fourth-order valence-electron chi connectivity index (χ4n) is 7.31. The number of halogens is 2. The van der Waals surface area contributed by atoms with Gasteiger partial charge in [0.15, 0.2) is 45.8 Å². The van der Waals surface area contributed by atoms with Crippen molar-refractivity contribution < 1.29 is 79.1 Å². The average molecular weight is 990 g/mol. The number of aliphatic hydroxyl groups is 1. The van der Waals surface area contributed by atoms with E-state index in [1.54, 1.807) is 60.7 Å². The molecule has 6 aromatic carbocycles. The monoisotopic (exact) mass is 989 g/mol. The van der Waals surface area contributed by atoms with Crippen LogP contribution in [0.1, 0.15) is 65.9 Å². The third-order valence-corrected chi connectivity index (χ3v) is 11.2. The number of carbonyl (C=O) groups is 1. The van der Waals surface area contributed by atoms with Crippen LogP contribution in [-0.4, -0.2) is 62.6 Å². The van der Waals surface area contributed by atoms with Crippen molar-refractivity contribution in [2.45, 2.75) is 69.9 Å². The van der Waals surface area contributed by atoms with Gasteiger partial charge in [-0.3, -0.25) is 4.79 Å². The molecule has 2 saturated heterocycles. The zero-order valence-corrected chi connectivity index (χ0v) is 40.0. The van der Waals surface area contributed by atoms with Gasteiger partial charge in [0, 0.05) is 29.5 Å². The van der Waals surface area contributed by atoms with Crippen molar-refractivity contribution in [1.82, 2.24) is 0 Å². The molecule has 15 heteroatoms. The van der Waals surface area contributed by atoms with Crippen molar-refractivity contribution in [2.75, 3.05) is 39.6 Å². The first-order chi connectivity index (χ1) is 33.2. The molecule has 365 valence electrons. The molecular weight excluding hydrogens is 934 g/mol. The Balaban J connectivity index is 0.000000215. The molecule has 0 saturated carbocycles. The van der Waals surface area contributed by atoms with Gasteiger partial charge >= 0.3 is 22.5 Å². The Morgan fingerprint density at radius 2 is 0.913 bits per heavy atom. The van der Waals surface area contributed by atoms with Gasteiger partial charge in [-0.25, -0.2) is 8.78 Å². The molecule has 0 radical (unpaired) electrons. The van der Waals surface area contributed by atoms with Gasteiger partial charge in [0.2, 0.25) is 0 Å². The van der Waals surface area contributed by atoms with E-state index in [0.29, 0.717) is 73.4 Å². The first kappa shape index (κ1) is 52.3. The van der Waals surface area contributed by atoms with Gasteiger partial charge in [-0.05, 0) is 99.0 Å². The topological polar surface area (TPSA) is 145 Å². The Kier molecular flexibility index (Phi) is 18.6. The predicted octanol–water partition coefficient (Wildman–Crippen LogP) is 10.1. The fraction of sp³-hybridized carbons (Fsp3) is 0.315. The summed E-state index contributed by atoms with van der Waals surface area (Å²) in [7, 11) is 0. The molecule has 12 nitrogen and oxygen atoms in total. The molecule has 2 aliphatic rings. The fourth-order valence-corrected chi connectivity index (χ4v) is 7.31. The number of ether oxygens (including phenoxy) is 8. The van der Waals surface area contributed by atoms with Crippen LogP contribution in [0, 0.1) is 11.6 Å². The maximum atomic E-state index is 13.2. The minimum absolute atomic E-state index is 0.120. The molecule has 0 bridgehead atoms. The quantitative estimate of drug-likeness (QED) is 0.0728. The number of carbonyl (C=O) groups excluding carboxylic acids is 1. The first-order valence-corrected chi connectivity index (χ1v) is 23.2. The summed E-state index contributed by atoms with van der Waals surface area (Å²) in [4.78, 5) is 11.4. The Bertz CT molecular complexity index is 2570. The normalized spacial score (nSPS) is 16.2. The maximum absolute atomic E-state index is 13.2. The Morgan fingerprint density at radius 1 is 0.536 bits per heavy atom. The molecule has 0 spiro atoms. The molecular formula is C54H56F2MnO12. The van der Waals surface area contributed by atoms with E-state index in [4.69, 9.17) is 45.6 Å². The first-order valence-electron chi connectivity index (χ1n) is 22.2. The summed E-state index contributed by atoms with van der Waals surface area (Å²) in [5.41, 5.74) is 3.15. The van der Waals surface area contributed by atoms with Crippen molar-refractivity contribution >= 4 is 6.29 Å². The van der Waals surface area contributed by atoms with Crippen LogP contribution in [0.4, 0.5) is 8.78 Å². The third-order valence-electron chi connectivity index (χ3n) is 11.2. The van der Waals surface area contributed by atoms with Crippen molar-refractivity contribution in [3.05, 3.63) is 191 Å². The number of aldehydes is 1. The Labute approximate surface area is 407 Å². The van der Waals surface area contributed by atoms with E-state index in [2.05, 4.69) is 0 Å². The van der Waals surface area contributed by atoms with E-state index >= 15 is 0 Å². The van der Waals surface area contributed by atoms with Gasteiger partial charge in [0.1, 0.15) is 17.9 Å². The summed E-state index contributed by atoms with van der Waals surface area (Å²) in [5.74, 6) is 0.0136. The van der Waals surface area contributed by atoms with Gasteiger partial charge in [-0.2, -0.15) is 0 Å². The SMILES string of the molecule is CC1(C)OCC(Oc2cc(C=O)ccc2OCCc2ccc(F)cc2)(c2ccccc2)CO1.CC1(C)OCC(Oc2cc(CO)ccc2OCCc2ccc(F)cc2)(c2ccccc2)CO1.[O]=[Mn]=[O]. The second-order valence-corrected chi connectivity index (χ2v) is 17.4. The Morgan fingerprint density at radius 3 is 1.30 bits per heavy atom. The Hall–Kier alpha value is -6.03. The van der Waals surface area contributed by atoms with Crippen LogP contribution in [0.15, 0.2) is 146 Å². The van der Waals surface area contributed by atoms with Crippen LogP contribution < -0.4 is 18.9 Å². The summed E-state index contributed by atoms with van der Waals surface area (Å²) in [6.07, 6.45) is 1.98. The third kappa shape index (κ3) is 15.0. The second-order valence-electron chi connectivity index (χ2n) is 17.2. The predicted molar refractivity (Wildman–Crippen MR) is 246 cm³/mol. The molecule has 6 aromatic rings. The van der Waals surface area contributed by atoms with Gasteiger partial charge in [0.05, 0.1) is 46.2 Å². The van der Waals surface area contributed by atoms with Crippen molar-refractivity contribution in [3.63, 3.8) is 0 Å². The summed E-state index contributed by atoms with van der Waals surface area (Å²) >= 11 is -1.44. The molecule has 2 fully saturated rings. The summed E-state index contributed by atoms with van der Waals surface area (Å²) < 4.78 is 92.2. The van der Waals surface area contributed by atoms with E-state index < -0.39 is 37.6 Å². The summed E-state index contributed by atoms with van der Waals surface area (Å²) in [5, 5.41) is 9.68. The van der Waals surface area contributed by atoms with E-state index in [-0.39, 0.29) is 31.5 Å². The van der Waals surface area contributed by atoms with Crippen LogP contribution in [0.3, 0.4) is 0 Å². The van der Waals surface area contributed by atoms with E-state index in [0.717, 1.165) is 28.5 Å². The molecule has 2 aliphatic heterocycles. The molecule has 2 heterocycles. The van der Waals surface area contributed by atoms with Crippen LogP contribution in [0.5, 0.6) is 23.0 Å². The molecule has 1 N–H and O–H groups in total. The number of hydrogen-bond acceptors (Lipinski definition) is 12. The second kappa shape index (κ2) is 24.5. The molecule has 0 amide bonds. The molecule has 0 unspecified atom stereocenters. The number of hydrogen-bond donors (Lipinski definition) is 1. The number of rotatable bonds is 16. The molecule has 0 atom stereocenters. The van der Waals surface area contributed by atoms with E-state index in [1.165, 1.54) is 24.3 Å². The molecule has 8 rings (SSSR count). The molecule has 69 heavy (non-hydrogen) atoms. The number of benzene rings is 6. The molecule has 0 aliphatic carbocycles. The van der Waals surface area contributed by atoms with Crippen LogP contribution in [0.2, 0.25) is 0 Å². The average Bonchev–Trinajstić information content (AvgIpc) is 3.36. The van der Waals surface area contributed by atoms with Crippen LogP contribution in [0.25, 0.3) is 0 Å². The van der Waals surface area contributed by atoms with Crippen molar-refractivity contribution in [2.24, 2.45) is 0 Å². The summed E-state index contributed by atoms with van der Waals surface area (Å²) in [6.45, 7) is 9.22. The van der Waals surface area contributed by atoms with Gasteiger partial charge in [-0.15, -0.1) is 0 Å². The summed E-state index contributed by atoms with van der Waals surface area (Å²) in [6, 6.07) is 42.6. The standard InChI is InChI=1S/C27H29FO5.C27H27FO5.Mn.2O/c2*1-26(2)31-18-27(19-32-26,22-6-4-3-5-7-22)33-25-16-21(17-29)10-13-24(25)30-15-14-20-8-11-23(28)12-9-20;;;/h3-13,16,29H,14-15,17-19H2,1-2H3;3-13,16-17H,14-15,18-19H2,1-2H3;;;. The molecule has 0 aromatic heterocycles. The van der Waals surface area contributed by atoms with E-state index in [9.17, 15) is 18.7 Å². The van der Waals surface area contributed by atoms with Gasteiger partial charge in [0.25, 0.3) is 0 Å². The minimum atomic E-state index is -1.44. The van der Waals surface area contributed by atoms with Crippen LogP contribution >= 0.6 is 0 Å². The zero-order valence-electron chi connectivity index (χ0n) is 38.9. The van der Waals surface area contributed by atoms with Crippen LogP contribution in [-0.2, 0) is 72.1 Å². The van der Waals surface area contributed by atoms with Gasteiger partial charge in [-0.1, -0.05) is 91.0 Å².